The summed E-state index contributed by atoms with van der Waals surface area (Å²) in [5.41, 5.74) is 1.60. The van der Waals surface area contributed by atoms with Crippen LogP contribution in [0.25, 0.3) is 10.2 Å². The molecule has 3 aromatic heterocycles. The number of hydrogen-bond donors (Lipinski definition) is 0. The Kier molecular flexibility index (Phi) is 8.07. The number of pyridine rings is 1. The third-order valence-electron chi connectivity index (χ3n) is 4.74. The molecule has 0 aliphatic carbocycles. The number of rotatable bonds is 10. The van der Waals surface area contributed by atoms with Crippen LogP contribution in [-0.4, -0.2) is 59.1 Å². The highest BCUT2D eigenvalue weighted by Gasteiger charge is 2.25. The van der Waals surface area contributed by atoms with Crippen LogP contribution in [0.4, 0.5) is 0 Å². The smallest absolute Gasteiger partial charge is 0.307 e. The van der Waals surface area contributed by atoms with Gasteiger partial charge in [0.05, 0.1) is 30.4 Å². The monoisotopic (exact) mass is 458 g/mol. The van der Waals surface area contributed by atoms with E-state index in [1.165, 1.54) is 18.4 Å². The Labute approximate surface area is 190 Å². The molecule has 3 aromatic rings. The molecular formula is C22H26N4O5S. The van der Waals surface area contributed by atoms with Crippen molar-refractivity contribution in [2.24, 2.45) is 0 Å². The number of aromatic nitrogens is 3. The van der Waals surface area contributed by atoms with Crippen molar-refractivity contribution in [2.75, 3.05) is 27.4 Å². The molecule has 0 aliphatic rings. The molecule has 0 saturated carbocycles. The lowest BCUT2D eigenvalue weighted by Gasteiger charge is -2.22. The minimum atomic E-state index is -0.346. The Balaban J connectivity index is 1.96. The van der Waals surface area contributed by atoms with Gasteiger partial charge in [0.1, 0.15) is 11.4 Å². The van der Waals surface area contributed by atoms with Gasteiger partial charge in [0, 0.05) is 32.6 Å². The zero-order valence-corrected chi connectivity index (χ0v) is 19.4. The molecule has 32 heavy (non-hydrogen) atoms. The number of methoxy groups -OCH3 is 2. The summed E-state index contributed by atoms with van der Waals surface area (Å²) >= 11 is 1.28. The van der Waals surface area contributed by atoms with E-state index in [0.717, 1.165) is 11.1 Å². The maximum absolute atomic E-state index is 13.6. The first-order valence-electron chi connectivity index (χ1n) is 10.1. The highest BCUT2D eigenvalue weighted by atomic mass is 32.1. The molecule has 0 unspecified atom stereocenters. The summed E-state index contributed by atoms with van der Waals surface area (Å²) < 4.78 is 15.6. The van der Waals surface area contributed by atoms with Crippen molar-refractivity contribution in [1.29, 1.82) is 0 Å². The highest BCUT2D eigenvalue weighted by molar-refractivity contribution is 7.20. The lowest BCUT2D eigenvalue weighted by Crippen LogP contribution is -2.32. The summed E-state index contributed by atoms with van der Waals surface area (Å²) in [6.45, 7) is 4.67. The summed E-state index contributed by atoms with van der Waals surface area (Å²) in [7, 11) is 3.10. The lowest BCUT2D eigenvalue weighted by atomic mass is 10.1. The Morgan fingerprint density at radius 3 is 2.69 bits per heavy atom. The lowest BCUT2D eigenvalue weighted by molar-refractivity contribution is -0.143. The van der Waals surface area contributed by atoms with Crippen LogP contribution in [0, 0.1) is 6.92 Å². The minimum absolute atomic E-state index is 0.102. The van der Waals surface area contributed by atoms with Crippen LogP contribution in [0.1, 0.15) is 40.0 Å². The van der Waals surface area contributed by atoms with Crippen molar-refractivity contribution in [2.45, 2.75) is 33.4 Å². The quantitative estimate of drug-likeness (QED) is 0.427. The fourth-order valence-corrected chi connectivity index (χ4v) is 4.42. The van der Waals surface area contributed by atoms with E-state index in [1.807, 2.05) is 19.1 Å². The zero-order chi connectivity index (χ0) is 23.1. The molecule has 0 radical (unpaired) electrons. The Morgan fingerprint density at radius 1 is 1.22 bits per heavy atom. The highest BCUT2D eigenvalue weighted by Crippen LogP contribution is 2.36. The maximum atomic E-state index is 13.6. The molecule has 10 heteroatoms. The van der Waals surface area contributed by atoms with Crippen molar-refractivity contribution < 1.29 is 23.8 Å². The van der Waals surface area contributed by atoms with Gasteiger partial charge in [0.2, 0.25) is 5.88 Å². The topological polar surface area (TPSA) is 104 Å². The standard InChI is InChI=1S/C22H26N4O5S/c1-5-31-17(27)8-10-26(12-15-7-6-9-23-11-15)22(28)19-14(2)18-20(30-4)24-16(13-29-3)25-21(18)32-19/h6-7,9,11H,5,8,10,12-13H2,1-4H3. The van der Waals surface area contributed by atoms with Crippen molar-refractivity contribution in [3.05, 3.63) is 46.4 Å². The van der Waals surface area contributed by atoms with Gasteiger partial charge < -0.3 is 19.1 Å². The first-order valence-corrected chi connectivity index (χ1v) is 11.0. The molecular weight excluding hydrogens is 432 g/mol. The second kappa shape index (κ2) is 11.0. The molecule has 0 fully saturated rings. The average molecular weight is 459 g/mol. The van der Waals surface area contributed by atoms with E-state index in [4.69, 9.17) is 14.2 Å². The van der Waals surface area contributed by atoms with E-state index >= 15 is 0 Å². The minimum Gasteiger partial charge on any atom is -0.480 e. The van der Waals surface area contributed by atoms with Gasteiger partial charge in [-0.15, -0.1) is 11.3 Å². The second-order valence-corrected chi connectivity index (χ2v) is 7.96. The summed E-state index contributed by atoms with van der Waals surface area (Å²) in [5.74, 6) is 0.335. The first kappa shape index (κ1) is 23.6. The number of esters is 1. The maximum Gasteiger partial charge on any atom is 0.307 e. The summed E-state index contributed by atoms with van der Waals surface area (Å²) in [5, 5.41) is 0.701. The van der Waals surface area contributed by atoms with Crippen molar-refractivity contribution in [3.63, 3.8) is 0 Å². The number of thiophene rings is 1. The van der Waals surface area contributed by atoms with E-state index in [2.05, 4.69) is 15.0 Å². The molecule has 0 bridgehead atoms. The molecule has 0 N–H and O–H groups in total. The fraction of sp³-hybridized carbons (Fsp3) is 0.409. The number of carbonyl (C=O) groups is 2. The largest absolute Gasteiger partial charge is 0.480 e. The Hall–Kier alpha value is -3.11. The normalized spacial score (nSPS) is 10.9. The SMILES string of the molecule is CCOC(=O)CCN(Cc1cccnc1)C(=O)c1sc2nc(COC)nc(OC)c2c1C. The molecule has 3 heterocycles. The van der Waals surface area contributed by atoms with E-state index in [-0.39, 0.29) is 31.4 Å². The predicted octanol–water partition coefficient (Wildman–Crippen LogP) is 3.15. The van der Waals surface area contributed by atoms with E-state index in [1.54, 1.807) is 31.3 Å². The van der Waals surface area contributed by atoms with Crippen LogP contribution < -0.4 is 4.74 Å². The van der Waals surface area contributed by atoms with Gasteiger partial charge in [-0.3, -0.25) is 14.6 Å². The van der Waals surface area contributed by atoms with Crippen molar-refractivity contribution in [1.82, 2.24) is 19.9 Å². The Bertz CT molecular complexity index is 1090. The van der Waals surface area contributed by atoms with E-state index in [9.17, 15) is 9.59 Å². The van der Waals surface area contributed by atoms with Crippen molar-refractivity contribution >= 4 is 33.4 Å². The van der Waals surface area contributed by atoms with Crippen LogP contribution in [0.3, 0.4) is 0 Å². The summed E-state index contributed by atoms with van der Waals surface area (Å²) in [4.78, 5) is 41.3. The molecule has 9 nitrogen and oxygen atoms in total. The number of nitrogens with zero attached hydrogens (tertiary/aromatic N) is 4. The van der Waals surface area contributed by atoms with E-state index < -0.39 is 0 Å². The van der Waals surface area contributed by atoms with Gasteiger partial charge in [-0.2, -0.15) is 4.98 Å². The van der Waals surface area contributed by atoms with Crippen LogP contribution in [0.15, 0.2) is 24.5 Å². The molecule has 3 rings (SSSR count). The third-order valence-corrected chi connectivity index (χ3v) is 5.91. The number of hydrogen-bond acceptors (Lipinski definition) is 9. The Morgan fingerprint density at radius 2 is 2.03 bits per heavy atom. The first-order chi connectivity index (χ1) is 15.5. The second-order valence-electron chi connectivity index (χ2n) is 6.96. The van der Waals surface area contributed by atoms with Gasteiger partial charge in [-0.1, -0.05) is 6.07 Å². The van der Waals surface area contributed by atoms with Gasteiger partial charge in [-0.05, 0) is 31.0 Å². The number of amides is 1. The van der Waals surface area contributed by atoms with Gasteiger partial charge in [-0.25, -0.2) is 4.98 Å². The van der Waals surface area contributed by atoms with E-state index in [0.29, 0.717) is 39.9 Å². The molecule has 1 amide bonds. The molecule has 0 spiro atoms. The van der Waals surface area contributed by atoms with Crippen LogP contribution in [0.2, 0.25) is 0 Å². The molecule has 0 aliphatic heterocycles. The van der Waals surface area contributed by atoms with Gasteiger partial charge >= 0.3 is 5.97 Å². The van der Waals surface area contributed by atoms with Crippen LogP contribution >= 0.6 is 11.3 Å². The average Bonchev–Trinajstić information content (AvgIpc) is 3.13. The predicted molar refractivity (Wildman–Crippen MR) is 120 cm³/mol. The fourth-order valence-electron chi connectivity index (χ4n) is 3.26. The van der Waals surface area contributed by atoms with Crippen LogP contribution in [-0.2, 0) is 27.4 Å². The zero-order valence-electron chi connectivity index (χ0n) is 18.6. The molecule has 0 saturated heterocycles. The number of carbonyl (C=O) groups excluding carboxylic acids is 2. The molecule has 0 atom stereocenters. The molecule has 0 aromatic carbocycles. The van der Waals surface area contributed by atoms with Gasteiger partial charge in [0.25, 0.3) is 5.91 Å². The number of fused-ring (bicyclic) bond motifs is 1. The van der Waals surface area contributed by atoms with Gasteiger partial charge in [0.15, 0.2) is 5.82 Å². The summed E-state index contributed by atoms with van der Waals surface area (Å²) in [6, 6.07) is 3.70. The van der Waals surface area contributed by atoms with Crippen LogP contribution in [0.5, 0.6) is 5.88 Å². The van der Waals surface area contributed by atoms with Crippen molar-refractivity contribution in [3.8, 4) is 5.88 Å². The number of ether oxygens (including phenoxy) is 3. The number of aryl methyl sites for hydroxylation is 1. The third kappa shape index (κ3) is 5.38. The molecule has 170 valence electrons. The summed E-state index contributed by atoms with van der Waals surface area (Å²) in [6.07, 6.45) is 3.48.